The maximum atomic E-state index is 12.0. The molecule has 150 valence electrons. The summed E-state index contributed by atoms with van der Waals surface area (Å²) in [5.41, 5.74) is 3.75. The molecule has 27 heavy (non-hydrogen) atoms. The molecule has 1 heterocycles. The second-order valence-electron chi connectivity index (χ2n) is 6.04. The molecular formula is C16H22F3N6O2-. The summed E-state index contributed by atoms with van der Waals surface area (Å²) in [7, 11) is 1.84. The fourth-order valence-electron chi connectivity index (χ4n) is 2.44. The lowest BCUT2D eigenvalue weighted by Gasteiger charge is -2.38. The van der Waals surface area contributed by atoms with Gasteiger partial charge in [-0.3, -0.25) is 15.2 Å². The van der Waals surface area contributed by atoms with Gasteiger partial charge in [0.05, 0.1) is 11.4 Å². The Kier molecular flexibility index (Phi) is 7.25. The van der Waals surface area contributed by atoms with Crippen molar-refractivity contribution < 1.29 is 18.0 Å². The van der Waals surface area contributed by atoms with Gasteiger partial charge < -0.3 is 25.9 Å². The van der Waals surface area contributed by atoms with Crippen LogP contribution in [0.1, 0.15) is 12.8 Å². The number of nitrogens with one attached hydrogen (secondary N) is 3. The Hall–Kier alpha value is -2.53. The molecule has 0 fully saturated rings. The molecule has 1 aromatic carbocycles. The van der Waals surface area contributed by atoms with Crippen molar-refractivity contribution in [3.8, 4) is 0 Å². The van der Waals surface area contributed by atoms with Crippen LogP contribution in [0.4, 0.5) is 24.5 Å². The number of rotatable bonds is 8. The molecule has 0 unspecified atom stereocenters. The molecule has 0 bridgehead atoms. The van der Waals surface area contributed by atoms with Crippen LogP contribution in [-0.2, 0) is 4.79 Å². The number of amides is 1. The van der Waals surface area contributed by atoms with Gasteiger partial charge in [-0.25, -0.2) is 0 Å². The van der Waals surface area contributed by atoms with Crippen LogP contribution in [0.5, 0.6) is 0 Å². The second kappa shape index (κ2) is 9.42. The summed E-state index contributed by atoms with van der Waals surface area (Å²) < 4.78 is 36.1. The third-order valence-electron chi connectivity index (χ3n) is 3.81. The van der Waals surface area contributed by atoms with Crippen LogP contribution in [0.2, 0.25) is 0 Å². The summed E-state index contributed by atoms with van der Waals surface area (Å²) in [6, 6.07) is 7.04. The summed E-state index contributed by atoms with van der Waals surface area (Å²) in [5, 5.41) is 17.4. The number of aliphatic imine (C=N–C) groups is 1. The normalized spacial score (nSPS) is 15.3. The molecule has 1 aliphatic heterocycles. The molecular weight excluding hydrogens is 365 g/mol. The quantitative estimate of drug-likeness (QED) is 0.588. The smallest absolute Gasteiger partial charge is 0.471 e. The number of alkyl halides is 3. The predicted octanol–water partition coefficient (Wildman–Crippen LogP) is 1.67. The number of guanidine groups is 1. The third kappa shape index (κ3) is 6.61. The van der Waals surface area contributed by atoms with Crippen molar-refractivity contribution in [3.63, 3.8) is 0 Å². The van der Waals surface area contributed by atoms with Crippen molar-refractivity contribution in [2.24, 2.45) is 4.99 Å². The van der Waals surface area contributed by atoms with Crippen molar-refractivity contribution in [1.82, 2.24) is 15.6 Å². The van der Waals surface area contributed by atoms with Gasteiger partial charge in [-0.1, -0.05) is 12.1 Å². The number of benzene rings is 1. The fourth-order valence-corrected chi connectivity index (χ4v) is 2.44. The number of hydrogen-bond donors (Lipinski definition) is 3. The first-order valence-corrected chi connectivity index (χ1v) is 8.45. The summed E-state index contributed by atoms with van der Waals surface area (Å²) in [6.45, 7) is 1.67. The molecule has 0 aromatic heterocycles. The van der Waals surface area contributed by atoms with Crippen LogP contribution in [-0.4, -0.2) is 56.2 Å². The minimum Gasteiger partial charge on any atom is -0.739 e. The van der Waals surface area contributed by atoms with Crippen LogP contribution >= 0.6 is 0 Å². The molecule has 0 spiro atoms. The number of carbonyl (C=O) groups is 1. The summed E-state index contributed by atoms with van der Waals surface area (Å²) in [5.74, 6) is -1.55. The number of para-hydroxylation sites is 2. The monoisotopic (exact) mass is 387 g/mol. The molecule has 0 saturated heterocycles. The predicted molar refractivity (Wildman–Crippen MR) is 97.1 cm³/mol. The van der Waals surface area contributed by atoms with E-state index in [9.17, 15) is 23.2 Å². The third-order valence-corrected chi connectivity index (χ3v) is 3.81. The Bertz CT molecular complexity index is 668. The van der Waals surface area contributed by atoms with Crippen molar-refractivity contribution >= 4 is 23.2 Å². The molecule has 2 rings (SSSR count). The highest BCUT2D eigenvalue weighted by Gasteiger charge is 2.38. The van der Waals surface area contributed by atoms with E-state index < -0.39 is 12.1 Å². The lowest BCUT2D eigenvalue weighted by Crippen LogP contribution is -2.46. The molecule has 0 aliphatic carbocycles. The standard InChI is InChI=1S/C16H22F3N6O2/c1-24(10-4-8-20-14(26)16(17,18)19)11-5-9-21-15-22-12-6-2-3-7-13(12)25(27)23-15/h2-3,6-7H,4-5,8-11H2,1H3,(H,20,26)(H2,21,22,23)/q-1. The average Bonchev–Trinajstić information content (AvgIpc) is 2.61. The Morgan fingerprint density at radius 1 is 1.30 bits per heavy atom. The maximum absolute atomic E-state index is 12.0. The molecule has 3 N–H and O–H groups in total. The van der Waals surface area contributed by atoms with Crippen LogP contribution in [0.3, 0.4) is 0 Å². The van der Waals surface area contributed by atoms with Gasteiger partial charge in [0.2, 0.25) is 5.96 Å². The highest BCUT2D eigenvalue weighted by Crippen LogP contribution is 2.26. The summed E-state index contributed by atoms with van der Waals surface area (Å²) in [4.78, 5) is 16.9. The minimum atomic E-state index is -4.84. The number of hydrogen-bond acceptors (Lipinski definition) is 5. The first-order chi connectivity index (χ1) is 12.8. The van der Waals surface area contributed by atoms with E-state index in [0.717, 1.165) is 0 Å². The van der Waals surface area contributed by atoms with Gasteiger partial charge in [-0.2, -0.15) is 13.2 Å². The maximum Gasteiger partial charge on any atom is 0.471 e. The SMILES string of the molecule is CN(CCCN=C1Nc2ccccc2N([O-])N1)CCCNC(=O)C(F)(F)F. The molecule has 1 amide bonds. The zero-order valence-corrected chi connectivity index (χ0v) is 14.8. The zero-order valence-electron chi connectivity index (χ0n) is 14.8. The number of carbonyl (C=O) groups excluding carboxylic acids is 1. The first-order valence-electron chi connectivity index (χ1n) is 8.45. The van der Waals surface area contributed by atoms with E-state index in [-0.39, 0.29) is 6.54 Å². The number of fused-ring (bicyclic) bond motifs is 1. The van der Waals surface area contributed by atoms with Crippen LogP contribution < -0.4 is 21.2 Å². The van der Waals surface area contributed by atoms with Gasteiger partial charge in [-0.05, 0) is 45.1 Å². The molecule has 11 heteroatoms. The van der Waals surface area contributed by atoms with Gasteiger partial charge in [0.15, 0.2) is 0 Å². The highest BCUT2D eigenvalue weighted by molar-refractivity contribution is 6.00. The van der Waals surface area contributed by atoms with Gasteiger partial charge in [0.1, 0.15) is 0 Å². The Balaban J connectivity index is 1.62. The summed E-state index contributed by atoms with van der Waals surface area (Å²) >= 11 is 0. The highest BCUT2D eigenvalue weighted by atomic mass is 19.4. The van der Waals surface area contributed by atoms with E-state index in [0.29, 0.717) is 55.0 Å². The number of anilines is 2. The van der Waals surface area contributed by atoms with Crippen molar-refractivity contribution in [2.75, 3.05) is 43.7 Å². The minimum absolute atomic E-state index is 0.0302. The molecule has 8 nitrogen and oxygen atoms in total. The lowest BCUT2D eigenvalue weighted by atomic mass is 10.2. The van der Waals surface area contributed by atoms with E-state index in [2.05, 4.69) is 15.7 Å². The topological polar surface area (TPSA) is 95.1 Å². The summed E-state index contributed by atoms with van der Waals surface area (Å²) in [6.07, 6.45) is -3.72. The number of halogens is 3. The first kappa shape index (κ1) is 20.8. The van der Waals surface area contributed by atoms with Gasteiger partial charge in [-0.15, -0.1) is 0 Å². The second-order valence-corrected chi connectivity index (χ2v) is 6.04. The van der Waals surface area contributed by atoms with E-state index in [1.54, 1.807) is 18.2 Å². The number of nitrogens with zero attached hydrogens (tertiary/aromatic N) is 3. The van der Waals surface area contributed by atoms with Crippen molar-refractivity contribution in [1.29, 1.82) is 0 Å². The lowest BCUT2D eigenvalue weighted by molar-refractivity contribution is -0.173. The zero-order chi connectivity index (χ0) is 19.9. The van der Waals surface area contributed by atoms with Gasteiger partial charge in [0.25, 0.3) is 0 Å². The van der Waals surface area contributed by atoms with Crippen molar-refractivity contribution in [2.45, 2.75) is 19.0 Å². The Morgan fingerprint density at radius 2 is 2.00 bits per heavy atom. The van der Waals surface area contributed by atoms with Crippen LogP contribution in [0.25, 0.3) is 0 Å². The van der Waals surface area contributed by atoms with E-state index >= 15 is 0 Å². The van der Waals surface area contributed by atoms with Crippen LogP contribution in [0, 0.1) is 5.21 Å². The van der Waals surface area contributed by atoms with Gasteiger partial charge >= 0.3 is 12.1 Å². The van der Waals surface area contributed by atoms with Crippen molar-refractivity contribution in [3.05, 3.63) is 29.5 Å². The molecule has 0 saturated carbocycles. The Labute approximate surface area is 155 Å². The van der Waals surface area contributed by atoms with Crippen LogP contribution in [0.15, 0.2) is 29.3 Å². The van der Waals surface area contributed by atoms with E-state index in [1.165, 1.54) is 0 Å². The number of hydrazine groups is 1. The van der Waals surface area contributed by atoms with E-state index in [1.807, 2.05) is 23.3 Å². The molecule has 0 radical (unpaired) electrons. The largest absolute Gasteiger partial charge is 0.739 e. The Morgan fingerprint density at radius 3 is 2.74 bits per heavy atom. The van der Waals surface area contributed by atoms with E-state index in [4.69, 9.17) is 0 Å². The fraction of sp³-hybridized carbons (Fsp3) is 0.500. The molecule has 0 atom stereocenters. The molecule has 1 aliphatic rings. The molecule has 1 aromatic rings. The van der Waals surface area contributed by atoms with Gasteiger partial charge in [0, 0.05) is 13.1 Å². The average molecular weight is 387 g/mol.